The summed E-state index contributed by atoms with van der Waals surface area (Å²) < 4.78 is 163. The van der Waals surface area contributed by atoms with Gasteiger partial charge in [-0.05, 0) is 146 Å². The van der Waals surface area contributed by atoms with E-state index in [9.17, 15) is 52.7 Å². The maximum atomic E-state index is 13.5. The Morgan fingerprint density at radius 3 is 0.774 bits per heavy atom. The third-order valence-electron chi connectivity index (χ3n) is 10.0. The van der Waals surface area contributed by atoms with Crippen molar-refractivity contribution in [3.8, 4) is 66.8 Å². The second-order valence-electron chi connectivity index (χ2n) is 14.0. The molecule has 0 bridgehead atoms. The molecule has 0 fully saturated rings. The summed E-state index contributed by atoms with van der Waals surface area (Å²) in [5.41, 5.74) is 1.37. The number of rotatable bonds is 6. The van der Waals surface area contributed by atoms with Gasteiger partial charge in [0.05, 0.1) is 22.3 Å². The lowest BCUT2D eigenvalue weighted by atomic mass is 9.80. The molecule has 7 aromatic rings. The van der Waals surface area contributed by atoms with E-state index in [1.54, 1.807) is 30.3 Å². The number of benzene rings is 7. The average molecular weight is 1050 g/mol. The van der Waals surface area contributed by atoms with Gasteiger partial charge in [-0.25, -0.2) is 0 Å². The molecule has 0 amide bonds. The van der Waals surface area contributed by atoms with E-state index in [0.29, 0.717) is 80.2 Å². The highest BCUT2D eigenvalue weighted by Crippen LogP contribution is 2.47. The molecule has 7 aromatic carbocycles. The van der Waals surface area contributed by atoms with Crippen LogP contribution in [-0.2, 0) is 24.7 Å². The van der Waals surface area contributed by atoms with Crippen molar-refractivity contribution < 1.29 is 52.7 Å². The first-order valence-electron chi connectivity index (χ1n) is 17.9. The number of hydrogen-bond donors (Lipinski definition) is 0. The number of alkyl halides is 12. The summed E-state index contributed by atoms with van der Waals surface area (Å²) in [6, 6.07) is 27.1. The van der Waals surface area contributed by atoms with Crippen molar-refractivity contribution >= 4 is 61.1 Å². The Kier molecular flexibility index (Phi) is 12.2. The molecule has 0 N–H and O–H groups in total. The van der Waals surface area contributed by atoms with Crippen LogP contribution in [0.15, 0.2) is 147 Å². The van der Waals surface area contributed by atoms with Crippen LogP contribution >= 0.6 is 47.8 Å². The zero-order valence-corrected chi connectivity index (χ0v) is 35.7. The second kappa shape index (κ2) is 16.7. The van der Waals surface area contributed by atoms with Crippen LogP contribution in [0.3, 0.4) is 0 Å². The molecule has 0 nitrogen and oxygen atoms in total. The zero-order chi connectivity index (χ0) is 45.1. The Morgan fingerprint density at radius 2 is 0.484 bits per heavy atom. The fraction of sp³-hybridized carbons (Fsp3) is 0.0870. The van der Waals surface area contributed by atoms with E-state index in [1.165, 1.54) is 54.6 Å². The zero-order valence-electron chi connectivity index (χ0n) is 30.9. The van der Waals surface area contributed by atoms with Crippen LogP contribution in [0.1, 0.15) is 22.3 Å². The number of hydrogen-bond acceptors (Lipinski definition) is 0. The van der Waals surface area contributed by atoms with E-state index in [2.05, 4.69) is 47.8 Å². The summed E-state index contributed by atoms with van der Waals surface area (Å²) in [5, 5.41) is 0. The van der Waals surface area contributed by atoms with Gasteiger partial charge >= 0.3 is 24.7 Å². The minimum Gasteiger partial charge on any atom is -0.166 e. The molecule has 16 heteroatoms. The van der Waals surface area contributed by atoms with E-state index in [0.717, 1.165) is 48.5 Å². The molecular weight excluding hydrogens is 1030 g/mol. The summed E-state index contributed by atoms with van der Waals surface area (Å²) in [6.07, 6.45) is -18.5. The van der Waals surface area contributed by atoms with Crippen molar-refractivity contribution in [3.63, 3.8) is 0 Å². The van der Waals surface area contributed by atoms with Gasteiger partial charge in [0.2, 0.25) is 0 Å². The lowest BCUT2D eigenvalue weighted by Crippen LogP contribution is -2.09. The molecular formula is C46H22BBr3F12. The Morgan fingerprint density at radius 1 is 0.274 bits per heavy atom. The molecule has 0 spiro atoms. The summed E-state index contributed by atoms with van der Waals surface area (Å²) in [7, 11) is 6.63. The summed E-state index contributed by atoms with van der Waals surface area (Å²) in [5.74, 6) is 0. The van der Waals surface area contributed by atoms with Crippen LogP contribution in [0, 0.1) is 0 Å². The van der Waals surface area contributed by atoms with Crippen LogP contribution in [0.4, 0.5) is 52.7 Å². The molecule has 0 saturated heterocycles. The fourth-order valence-electron chi connectivity index (χ4n) is 6.90. The second-order valence-corrected chi connectivity index (χ2v) is 16.5. The Hall–Kier alpha value is -4.80. The van der Waals surface area contributed by atoms with E-state index in [4.69, 9.17) is 7.85 Å². The molecule has 62 heavy (non-hydrogen) atoms. The molecule has 0 saturated carbocycles. The lowest BCUT2D eigenvalue weighted by molar-refractivity contribution is -0.138. The van der Waals surface area contributed by atoms with Gasteiger partial charge in [-0.1, -0.05) is 108 Å². The topological polar surface area (TPSA) is 0 Å². The molecule has 0 atom stereocenters. The number of halogens is 15. The van der Waals surface area contributed by atoms with Crippen LogP contribution in [0.5, 0.6) is 0 Å². The smallest absolute Gasteiger partial charge is 0.166 e. The van der Waals surface area contributed by atoms with E-state index < -0.39 is 47.0 Å². The fourth-order valence-corrected chi connectivity index (χ4v) is 8.57. The van der Waals surface area contributed by atoms with Crippen LogP contribution in [-0.4, -0.2) is 7.85 Å². The van der Waals surface area contributed by atoms with E-state index >= 15 is 0 Å². The lowest BCUT2D eigenvalue weighted by Gasteiger charge is -2.20. The van der Waals surface area contributed by atoms with Gasteiger partial charge in [0.25, 0.3) is 0 Å². The molecule has 0 aliphatic heterocycles. The minimum absolute atomic E-state index is 0.169. The largest absolute Gasteiger partial charge is 0.416 e. The first-order valence-corrected chi connectivity index (χ1v) is 20.3. The highest BCUT2D eigenvalue weighted by atomic mass is 79.9. The third-order valence-corrected chi connectivity index (χ3v) is 12.0. The highest BCUT2D eigenvalue weighted by Gasteiger charge is 2.33. The Balaban J connectivity index is 1.37. The predicted molar refractivity (Wildman–Crippen MR) is 228 cm³/mol. The molecule has 0 heterocycles. The van der Waals surface area contributed by atoms with Crippen molar-refractivity contribution in [1.29, 1.82) is 0 Å². The average Bonchev–Trinajstić information content (AvgIpc) is 3.20. The van der Waals surface area contributed by atoms with Gasteiger partial charge in [-0.15, -0.1) is 0 Å². The van der Waals surface area contributed by atoms with E-state index in [-0.39, 0.29) is 5.46 Å². The van der Waals surface area contributed by atoms with Crippen molar-refractivity contribution in [2.75, 3.05) is 0 Å². The Bertz CT molecular complexity index is 2600. The first kappa shape index (κ1) is 45.2. The van der Waals surface area contributed by atoms with E-state index in [1.807, 2.05) is 0 Å². The Labute approximate surface area is 372 Å². The van der Waals surface area contributed by atoms with Gasteiger partial charge in [0.15, 0.2) is 0 Å². The minimum atomic E-state index is -4.63. The molecule has 7 rings (SSSR count). The maximum Gasteiger partial charge on any atom is 0.416 e. The molecule has 0 aliphatic carbocycles. The van der Waals surface area contributed by atoms with Gasteiger partial charge < -0.3 is 0 Å². The third kappa shape index (κ3) is 9.42. The van der Waals surface area contributed by atoms with Gasteiger partial charge in [0.1, 0.15) is 7.85 Å². The molecule has 2 radical (unpaired) electrons. The quantitative estimate of drug-likeness (QED) is 0.115. The predicted octanol–water partition coefficient (Wildman–Crippen LogP) is 16.8. The normalized spacial score (nSPS) is 12.5. The van der Waals surface area contributed by atoms with Gasteiger partial charge in [-0.2, -0.15) is 52.7 Å². The maximum absolute atomic E-state index is 13.5. The standard InChI is InChI=1S/C46H22BBr3F12/c47-39-19-33(25-5-13-29(14-6-25)45(57,58)59)31(23-1-9-27(10-2-23)43(51,52)53)17-35(39)37-21-42(50)38(22-41(37)49)36-18-32(24-3-11-28(12-4-24)44(54,55)56)34(20-40(36)48)26-7-15-30(16-8-26)46(60,61)62/h1-22H. The summed E-state index contributed by atoms with van der Waals surface area (Å²) in [6.45, 7) is 0. The molecule has 0 aliphatic rings. The monoisotopic (exact) mass is 1050 g/mol. The first-order chi connectivity index (χ1) is 28.9. The van der Waals surface area contributed by atoms with Gasteiger partial charge in [0, 0.05) is 13.4 Å². The summed E-state index contributed by atoms with van der Waals surface area (Å²) >= 11 is 10.8. The van der Waals surface area contributed by atoms with Crippen molar-refractivity contribution in [2.45, 2.75) is 24.7 Å². The van der Waals surface area contributed by atoms with Gasteiger partial charge in [-0.3, -0.25) is 0 Å². The van der Waals surface area contributed by atoms with Crippen LogP contribution in [0.2, 0.25) is 0 Å². The van der Waals surface area contributed by atoms with Crippen molar-refractivity contribution in [3.05, 3.63) is 169 Å². The van der Waals surface area contributed by atoms with Crippen LogP contribution in [0.25, 0.3) is 66.8 Å². The molecule has 0 aromatic heterocycles. The van der Waals surface area contributed by atoms with Crippen LogP contribution < -0.4 is 5.46 Å². The van der Waals surface area contributed by atoms with Crippen molar-refractivity contribution in [1.82, 2.24) is 0 Å². The SMILES string of the molecule is [B]c1cc(-c2ccc(C(F)(F)F)cc2)c(-c2ccc(C(F)(F)F)cc2)cc1-c1cc(Br)c(-c2cc(-c3ccc(C(F)(F)F)cc3)c(-c3ccc(C(F)(F)F)cc3)cc2Br)cc1Br. The molecule has 0 unspecified atom stereocenters. The summed E-state index contributed by atoms with van der Waals surface area (Å²) in [4.78, 5) is 0. The highest BCUT2D eigenvalue weighted by molar-refractivity contribution is 9.11. The molecule has 314 valence electrons. The van der Waals surface area contributed by atoms with Crippen molar-refractivity contribution in [2.24, 2.45) is 0 Å².